The fourth-order valence-electron chi connectivity index (χ4n) is 1.53. The monoisotopic (exact) mass is 248 g/mol. The van der Waals surface area contributed by atoms with Crippen molar-refractivity contribution < 1.29 is 4.74 Å². The number of nitrogens with zero attached hydrogens (tertiary/aromatic N) is 4. The average molecular weight is 248 g/mol. The second kappa shape index (κ2) is 5.11. The van der Waals surface area contributed by atoms with E-state index >= 15 is 0 Å². The highest BCUT2D eigenvalue weighted by molar-refractivity contribution is 5.60. The topological polar surface area (TPSA) is 90.9 Å². The molecule has 2 aromatic heterocycles. The Balaban J connectivity index is 2.47. The minimum absolute atomic E-state index is 0.200. The lowest BCUT2D eigenvalue weighted by Gasteiger charge is -2.11. The van der Waals surface area contributed by atoms with E-state index in [9.17, 15) is 0 Å². The van der Waals surface area contributed by atoms with Gasteiger partial charge in [0, 0.05) is 32.0 Å². The molecule has 18 heavy (non-hydrogen) atoms. The van der Waals surface area contributed by atoms with Gasteiger partial charge in [0.15, 0.2) is 5.82 Å². The molecular formula is C11H16N6O. The van der Waals surface area contributed by atoms with Gasteiger partial charge in [0.25, 0.3) is 0 Å². The van der Waals surface area contributed by atoms with Crippen molar-refractivity contribution in [2.24, 2.45) is 12.9 Å². The quantitative estimate of drug-likeness (QED) is 0.616. The van der Waals surface area contributed by atoms with Crippen molar-refractivity contribution >= 4 is 5.82 Å². The van der Waals surface area contributed by atoms with Gasteiger partial charge in [-0.2, -0.15) is 5.10 Å². The molecule has 0 fully saturated rings. The number of rotatable bonds is 4. The number of hydrazine groups is 1. The molecule has 2 rings (SSSR count). The zero-order valence-corrected chi connectivity index (χ0v) is 10.6. The molecule has 7 nitrogen and oxygen atoms in total. The number of hydrogen-bond acceptors (Lipinski definition) is 6. The van der Waals surface area contributed by atoms with Gasteiger partial charge in [-0.15, -0.1) is 0 Å². The molecule has 0 bridgehead atoms. The van der Waals surface area contributed by atoms with Gasteiger partial charge >= 0.3 is 0 Å². The van der Waals surface area contributed by atoms with Gasteiger partial charge in [0.1, 0.15) is 11.9 Å². The number of ether oxygens (including phenoxy) is 1. The standard InChI is InChI=1S/C11H16N6O/c1-7(18-3)11-14-9(4-10(15-11)16-12)8-5-13-17(2)6-8/h4-7H,12H2,1-3H3,(H,14,15,16). The van der Waals surface area contributed by atoms with Gasteiger partial charge in [-0.05, 0) is 6.92 Å². The highest BCUT2D eigenvalue weighted by Crippen LogP contribution is 2.21. The fraction of sp³-hybridized carbons (Fsp3) is 0.364. The molecule has 0 aliphatic rings. The maximum Gasteiger partial charge on any atom is 0.159 e. The van der Waals surface area contributed by atoms with Crippen molar-refractivity contribution in [3.63, 3.8) is 0 Å². The first-order chi connectivity index (χ1) is 8.63. The number of anilines is 1. The molecule has 1 atom stereocenters. The normalized spacial score (nSPS) is 12.4. The van der Waals surface area contributed by atoms with E-state index in [-0.39, 0.29) is 6.10 Å². The molecular weight excluding hydrogens is 232 g/mol. The number of nitrogen functional groups attached to an aromatic ring is 1. The van der Waals surface area contributed by atoms with Gasteiger partial charge in [-0.25, -0.2) is 15.8 Å². The summed E-state index contributed by atoms with van der Waals surface area (Å²) >= 11 is 0. The van der Waals surface area contributed by atoms with Crippen LogP contribution in [-0.4, -0.2) is 26.9 Å². The van der Waals surface area contributed by atoms with Crippen LogP contribution in [0.15, 0.2) is 18.5 Å². The number of aryl methyl sites for hydroxylation is 1. The van der Waals surface area contributed by atoms with Crippen LogP contribution in [0.3, 0.4) is 0 Å². The Labute approximate surface area is 105 Å². The molecule has 0 radical (unpaired) electrons. The molecule has 7 heteroatoms. The fourth-order valence-corrected chi connectivity index (χ4v) is 1.53. The molecule has 0 saturated carbocycles. The first-order valence-corrected chi connectivity index (χ1v) is 5.51. The molecule has 0 aliphatic carbocycles. The Morgan fingerprint density at radius 2 is 2.22 bits per heavy atom. The van der Waals surface area contributed by atoms with E-state index in [2.05, 4.69) is 20.5 Å². The molecule has 2 heterocycles. The van der Waals surface area contributed by atoms with Crippen molar-refractivity contribution in [1.82, 2.24) is 19.7 Å². The number of methoxy groups -OCH3 is 1. The van der Waals surface area contributed by atoms with Gasteiger partial charge in [0.2, 0.25) is 0 Å². The smallest absolute Gasteiger partial charge is 0.159 e. The second-order valence-electron chi connectivity index (χ2n) is 3.92. The minimum Gasteiger partial charge on any atom is -0.374 e. The highest BCUT2D eigenvalue weighted by atomic mass is 16.5. The summed E-state index contributed by atoms with van der Waals surface area (Å²) < 4.78 is 6.93. The number of aromatic nitrogens is 4. The summed E-state index contributed by atoms with van der Waals surface area (Å²) in [6.45, 7) is 1.88. The van der Waals surface area contributed by atoms with Crippen LogP contribution in [0.25, 0.3) is 11.3 Å². The predicted molar refractivity (Wildman–Crippen MR) is 67.5 cm³/mol. The summed E-state index contributed by atoms with van der Waals surface area (Å²) in [6, 6.07) is 1.77. The van der Waals surface area contributed by atoms with Crippen molar-refractivity contribution in [2.75, 3.05) is 12.5 Å². The Kier molecular flexibility index (Phi) is 3.54. The SMILES string of the molecule is COC(C)c1nc(NN)cc(-c2cnn(C)c2)n1. The van der Waals surface area contributed by atoms with Crippen LogP contribution in [0.5, 0.6) is 0 Å². The van der Waals surface area contributed by atoms with Crippen LogP contribution in [0.4, 0.5) is 5.82 Å². The molecule has 0 spiro atoms. The molecule has 96 valence electrons. The Hall–Kier alpha value is -1.99. The van der Waals surface area contributed by atoms with Crippen molar-refractivity contribution in [2.45, 2.75) is 13.0 Å². The van der Waals surface area contributed by atoms with E-state index in [1.807, 2.05) is 20.2 Å². The first-order valence-electron chi connectivity index (χ1n) is 5.51. The zero-order valence-electron chi connectivity index (χ0n) is 10.6. The molecule has 2 aromatic rings. The maximum atomic E-state index is 5.41. The van der Waals surface area contributed by atoms with Gasteiger partial charge < -0.3 is 10.2 Å². The average Bonchev–Trinajstić information content (AvgIpc) is 2.84. The van der Waals surface area contributed by atoms with Crippen LogP contribution >= 0.6 is 0 Å². The van der Waals surface area contributed by atoms with E-state index < -0.39 is 0 Å². The van der Waals surface area contributed by atoms with Crippen LogP contribution < -0.4 is 11.3 Å². The second-order valence-corrected chi connectivity index (χ2v) is 3.92. The molecule has 0 saturated heterocycles. The third kappa shape index (κ3) is 2.47. The number of nitrogens with two attached hydrogens (primary N) is 1. The van der Waals surface area contributed by atoms with E-state index in [0.717, 1.165) is 11.3 Å². The number of hydrogen-bond donors (Lipinski definition) is 2. The van der Waals surface area contributed by atoms with Crippen molar-refractivity contribution in [3.8, 4) is 11.3 Å². The summed E-state index contributed by atoms with van der Waals surface area (Å²) in [6.07, 6.45) is 3.42. The summed E-state index contributed by atoms with van der Waals surface area (Å²) in [5, 5.41) is 4.12. The van der Waals surface area contributed by atoms with E-state index in [1.54, 1.807) is 24.1 Å². The van der Waals surface area contributed by atoms with E-state index in [1.165, 1.54) is 0 Å². The summed E-state index contributed by atoms with van der Waals surface area (Å²) in [7, 11) is 3.46. The first kappa shape index (κ1) is 12.5. The summed E-state index contributed by atoms with van der Waals surface area (Å²) in [5.74, 6) is 6.53. The molecule has 0 aliphatic heterocycles. The van der Waals surface area contributed by atoms with Gasteiger partial charge in [-0.1, -0.05) is 0 Å². The largest absolute Gasteiger partial charge is 0.374 e. The third-order valence-electron chi connectivity index (χ3n) is 2.61. The predicted octanol–water partition coefficient (Wildman–Crippen LogP) is 0.870. The lowest BCUT2D eigenvalue weighted by molar-refractivity contribution is 0.112. The Bertz CT molecular complexity index is 538. The lowest BCUT2D eigenvalue weighted by Crippen LogP contribution is -2.12. The highest BCUT2D eigenvalue weighted by Gasteiger charge is 2.12. The van der Waals surface area contributed by atoms with Crippen molar-refractivity contribution in [3.05, 3.63) is 24.3 Å². The molecule has 0 amide bonds. The molecule has 3 N–H and O–H groups in total. The van der Waals surface area contributed by atoms with Gasteiger partial charge in [0.05, 0.1) is 11.9 Å². The van der Waals surface area contributed by atoms with Crippen LogP contribution in [0.2, 0.25) is 0 Å². The van der Waals surface area contributed by atoms with Crippen LogP contribution in [0, 0.1) is 0 Å². The number of nitrogens with one attached hydrogen (secondary N) is 1. The summed E-state index contributed by atoms with van der Waals surface area (Å²) in [5.41, 5.74) is 4.19. The maximum absolute atomic E-state index is 5.41. The Morgan fingerprint density at radius 3 is 2.78 bits per heavy atom. The van der Waals surface area contributed by atoms with Crippen LogP contribution in [-0.2, 0) is 11.8 Å². The molecule has 1 unspecified atom stereocenters. The third-order valence-corrected chi connectivity index (χ3v) is 2.61. The van der Waals surface area contributed by atoms with E-state index in [0.29, 0.717) is 11.6 Å². The van der Waals surface area contributed by atoms with Gasteiger partial charge in [-0.3, -0.25) is 4.68 Å². The van der Waals surface area contributed by atoms with E-state index in [4.69, 9.17) is 10.6 Å². The van der Waals surface area contributed by atoms with Crippen molar-refractivity contribution in [1.29, 1.82) is 0 Å². The Morgan fingerprint density at radius 1 is 1.44 bits per heavy atom. The van der Waals surface area contributed by atoms with Crippen LogP contribution in [0.1, 0.15) is 18.9 Å². The molecule has 0 aromatic carbocycles. The summed E-state index contributed by atoms with van der Waals surface area (Å²) in [4.78, 5) is 8.71. The lowest BCUT2D eigenvalue weighted by atomic mass is 10.2. The minimum atomic E-state index is -0.200. The zero-order chi connectivity index (χ0) is 13.1.